The van der Waals surface area contributed by atoms with Gasteiger partial charge in [-0.2, -0.15) is 0 Å². The monoisotopic (exact) mass is 410 g/mol. The minimum Gasteiger partial charge on any atom is -0.379 e. The fourth-order valence-electron chi connectivity index (χ4n) is 3.50. The third-order valence-corrected chi connectivity index (χ3v) is 5.35. The number of hydrogen-bond donors (Lipinski definition) is 0. The number of benzene rings is 2. The molecule has 1 fully saturated rings. The van der Waals surface area contributed by atoms with Gasteiger partial charge < -0.3 is 4.74 Å². The summed E-state index contributed by atoms with van der Waals surface area (Å²) < 4.78 is 7.00. The van der Waals surface area contributed by atoms with Gasteiger partial charge in [0.1, 0.15) is 11.9 Å². The molecule has 0 aliphatic carbocycles. The molecule has 0 N–H and O–H groups in total. The van der Waals surface area contributed by atoms with Crippen molar-refractivity contribution in [2.24, 2.45) is 0 Å². The highest BCUT2D eigenvalue weighted by Gasteiger charge is 2.23. The van der Waals surface area contributed by atoms with Crippen LogP contribution in [0.3, 0.4) is 0 Å². The first-order valence-corrected chi connectivity index (χ1v) is 10.1. The molecule has 2 aromatic carbocycles. The highest BCUT2D eigenvalue weighted by Crippen LogP contribution is 2.18. The minimum atomic E-state index is -0.185. The zero-order chi connectivity index (χ0) is 20.2. The van der Waals surface area contributed by atoms with Crippen molar-refractivity contribution in [3.8, 4) is 11.4 Å². The molecule has 2 heterocycles. The summed E-state index contributed by atoms with van der Waals surface area (Å²) in [6, 6.07) is 17.2. The van der Waals surface area contributed by atoms with E-state index in [4.69, 9.17) is 16.3 Å². The van der Waals surface area contributed by atoms with Gasteiger partial charge in [0.25, 0.3) is 5.56 Å². The Morgan fingerprint density at radius 3 is 2.59 bits per heavy atom. The molecule has 1 saturated heterocycles. The Morgan fingerprint density at radius 1 is 1.10 bits per heavy atom. The molecule has 1 aliphatic heterocycles. The van der Waals surface area contributed by atoms with Crippen LogP contribution in [-0.2, 0) is 11.2 Å². The van der Waals surface area contributed by atoms with Gasteiger partial charge in [-0.05, 0) is 24.6 Å². The third-order valence-electron chi connectivity index (χ3n) is 5.12. The van der Waals surface area contributed by atoms with Crippen LogP contribution < -0.4 is 5.56 Å². The van der Waals surface area contributed by atoms with Crippen LogP contribution in [0.5, 0.6) is 0 Å². The Labute approximate surface area is 174 Å². The molecule has 1 atom stereocenters. The van der Waals surface area contributed by atoms with Crippen LogP contribution in [0.4, 0.5) is 0 Å². The van der Waals surface area contributed by atoms with E-state index in [2.05, 4.69) is 15.0 Å². The van der Waals surface area contributed by atoms with Crippen LogP contribution in [0.15, 0.2) is 59.4 Å². The molecule has 0 saturated carbocycles. The van der Waals surface area contributed by atoms with Crippen LogP contribution in [0.25, 0.3) is 11.4 Å². The average Bonchev–Trinajstić information content (AvgIpc) is 2.76. The summed E-state index contributed by atoms with van der Waals surface area (Å²) in [5.41, 5.74) is 2.10. The molecular formula is C22H23ClN4O2. The van der Waals surface area contributed by atoms with Gasteiger partial charge >= 0.3 is 0 Å². The van der Waals surface area contributed by atoms with E-state index in [-0.39, 0.29) is 11.7 Å². The average molecular weight is 411 g/mol. The molecule has 3 aromatic rings. The number of rotatable bonds is 5. The van der Waals surface area contributed by atoms with Crippen LogP contribution in [0.2, 0.25) is 5.02 Å². The normalized spacial score (nSPS) is 15.9. The topological polar surface area (TPSA) is 60.2 Å². The number of ether oxygens (including phenoxy) is 1. The van der Waals surface area contributed by atoms with Crippen LogP contribution in [0, 0.1) is 0 Å². The van der Waals surface area contributed by atoms with Gasteiger partial charge in [0.2, 0.25) is 0 Å². The van der Waals surface area contributed by atoms with E-state index in [0.29, 0.717) is 36.2 Å². The molecule has 7 heteroatoms. The van der Waals surface area contributed by atoms with Gasteiger partial charge in [0, 0.05) is 30.1 Å². The van der Waals surface area contributed by atoms with Gasteiger partial charge in [-0.3, -0.25) is 9.69 Å². The third kappa shape index (κ3) is 4.56. The lowest BCUT2D eigenvalue weighted by molar-refractivity contribution is -0.000958. The summed E-state index contributed by atoms with van der Waals surface area (Å²) in [4.78, 5) is 20.1. The van der Waals surface area contributed by atoms with E-state index in [1.165, 1.54) is 0 Å². The first kappa shape index (κ1) is 19.8. The predicted octanol–water partition coefficient (Wildman–Crippen LogP) is 3.40. The summed E-state index contributed by atoms with van der Waals surface area (Å²) in [6.45, 7) is 4.84. The molecule has 4 rings (SSSR count). The Kier molecular flexibility index (Phi) is 6.04. The summed E-state index contributed by atoms with van der Waals surface area (Å²) in [6.07, 6.45) is 0.215. The quantitative estimate of drug-likeness (QED) is 0.645. The Bertz CT molecular complexity index is 1030. The molecule has 1 aliphatic rings. The van der Waals surface area contributed by atoms with E-state index < -0.39 is 0 Å². The lowest BCUT2D eigenvalue weighted by Crippen LogP contribution is -2.44. The van der Waals surface area contributed by atoms with Crippen molar-refractivity contribution < 1.29 is 4.74 Å². The summed E-state index contributed by atoms with van der Waals surface area (Å²) in [7, 11) is 0. The lowest BCUT2D eigenvalue weighted by Gasteiger charge is -2.32. The van der Waals surface area contributed by atoms with Crippen molar-refractivity contribution in [2.75, 3.05) is 26.3 Å². The van der Waals surface area contributed by atoms with E-state index >= 15 is 0 Å². The van der Waals surface area contributed by atoms with Gasteiger partial charge in [-0.25, -0.2) is 9.67 Å². The van der Waals surface area contributed by atoms with E-state index in [1.54, 1.807) is 4.68 Å². The number of aromatic nitrogens is 3. The second kappa shape index (κ2) is 8.86. The lowest BCUT2D eigenvalue weighted by atomic mass is 10.1. The second-order valence-electron chi connectivity index (χ2n) is 7.08. The van der Waals surface area contributed by atoms with E-state index in [9.17, 15) is 4.79 Å². The fourth-order valence-corrected chi connectivity index (χ4v) is 3.71. The standard InChI is InChI=1S/C22H23ClN4O2/c1-16(26-10-12-29-13-11-26)27-22(28)20(15-17-6-5-9-19(23)14-17)24-21(25-27)18-7-3-2-4-8-18/h2-9,14,16H,10-13,15H2,1H3. The van der Waals surface area contributed by atoms with Crippen LogP contribution in [0.1, 0.15) is 24.3 Å². The van der Waals surface area contributed by atoms with Crippen molar-refractivity contribution in [3.63, 3.8) is 0 Å². The molecule has 29 heavy (non-hydrogen) atoms. The number of halogens is 1. The summed E-state index contributed by atoms with van der Waals surface area (Å²) in [5.74, 6) is 0.544. The Morgan fingerprint density at radius 2 is 1.86 bits per heavy atom. The largest absolute Gasteiger partial charge is 0.379 e. The maximum Gasteiger partial charge on any atom is 0.290 e. The Hall–Kier alpha value is -2.54. The summed E-state index contributed by atoms with van der Waals surface area (Å²) in [5, 5.41) is 5.26. The van der Waals surface area contributed by atoms with Gasteiger partial charge in [-0.1, -0.05) is 54.1 Å². The van der Waals surface area contributed by atoms with Gasteiger partial charge in [-0.15, -0.1) is 5.10 Å². The molecule has 0 amide bonds. The molecule has 150 valence electrons. The highest BCUT2D eigenvalue weighted by atomic mass is 35.5. The maximum absolute atomic E-state index is 13.3. The van der Waals surface area contributed by atoms with E-state index in [1.807, 2.05) is 61.5 Å². The van der Waals surface area contributed by atoms with Gasteiger partial charge in [0.05, 0.1) is 13.2 Å². The fraction of sp³-hybridized carbons (Fsp3) is 0.318. The molecular weight excluding hydrogens is 388 g/mol. The van der Waals surface area contributed by atoms with Crippen molar-refractivity contribution in [3.05, 3.63) is 81.2 Å². The molecule has 6 nitrogen and oxygen atoms in total. The smallest absolute Gasteiger partial charge is 0.290 e. The maximum atomic E-state index is 13.3. The molecule has 1 aromatic heterocycles. The molecule has 0 spiro atoms. The zero-order valence-electron chi connectivity index (χ0n) is 16.3. The highest BCUT2D eigenvalue weighted by molar-refractivity contribution is 6.30. The van der Waals surface area contributed by atoms with Crippen LogP contribution >= 0.6 is 11.6 Å². The molecule has 1 unspecified atom stereocenters. The SMILES string of the molecule is CC(N1CCOCC1)n1nc(-c2ccccc2)nc(Cc2cccc(Cl)c2)c1=O. The minimum absolute atomic E-state index is 0.177. The second-order valence-corrected chi connectivity index (χ2v) is 7.52. The van der Waals surface area contributed by atoms with Crippen molar-refractivity contribution in [2.45, 2.75) is 19.5 Å². The molecule has 0 radical (unpaired) electrons. The van der Waals surface area contributed by atoms with Crippen molar-refractivity contribution >= 4 is 11.6 Å². The van der Waals surface area contributed by atoms with Crippen LogP contribution in [-0.4, -0.2) is 46.0 Å². The Balaban J connectivity index is 1.78. The molecule has 0 bridgehead atoms. The predicted molar refractivity (Wildman–Crippen MR) is 113 cm³/mol. The number of morpholine rings is 1. The number of nitrogens with zero attached hydrogens (tertiary/aromatic N) is 4. The van der Waals surface area contributed by atoms with Crippen molar-refractivity contribution in [1.29, 1.82) is 0 Å². The zero-order valence-corrected chi connectivity index (χ0v) is 17.0. The first-order valence-electron chi connectivity index (χ1n) is 9.73. The summed E-state index contributed by atoms with van der Waals surface area (Å²) >= 11 is 6.13. The van der Waals surface area contributed by atoms with Crippen molar-refractivity contribution in [1.82, 2.24) is 19.7 Å². The first-order chi connectivity index (χ1) is 14.1. The van der Waals surface area contributed by atoms with E-state index in [0.717, 1.165) is 24.2 Å². The van der Waals surface area contributed by atoms with Gasteiger partial charge in [0.15, 0.2) is 5.82 Å². The number of hydrogen-bond acceptors (Lipinski definition) is 5.